The fourth-order valence-electron chi connectivity index (χ4n) is 2.09. The quantitative estimate of drug-likeness (QED) is 0.280. The first-order valence-corrected chi connectivity index (χ1v) is 5.87. The zero-order valence-electron chi connectivity index (χ0n) is 9.57. The summed E-state index contributed by atoms with van der Waals surface area (Å²) in [5.41, 5.74) is 4.83. The molecule has 16 heavy (non-hydrogen) atoms. The molecule has 0 aromatic rings. The van der Waals surface area contributed by atoms with Crippen LogP contribution in [-0.2, 0) is 4.79 Å². The number of hydrogen-bond donors (Lipinski definition) is 3. The molecule has 0 radical (unpaired) electrons. The number of nitrogens with one attached hydrogen (secondary N) is 1. The van der Waals surface area contributed by atoms with E-state index in [2.05, 4.69) is 10.5 Å². The summed E-state index contributed by atoms with van der Waals surface area (Å²) < 4.78 is 0. The Morgan fingerprint density at radius 3 is 2.69 bits per heavy atom. The number of oxime groups is 1. The van der Waals surface area contributed by atoms with Gasteiger partial charge < -0.3 is 16.3 Å². The highest BCUT2D eigenvalue weighted by Gasteiger charge is 2.54. The van der Waals surface area contributed by atoms with Crippen molar-refractivity contribution in [2.24, 2.45) is 22.2 Å². The van der Waals surface area contributed by atoms with Gasteiger partial charge in [-0.05, 0) is 32.1 Å². The van der Waals surface area contributed by atoms with E-state index in [4.69, 9.17) is 10.9 Å². The Labute approximate surface area is 95.1 Å². The van der Waals surface area contributed by atoms with E-state index in [9.17, 15) is 4.79 Å². The second kappa shape index (κ2) is 3.96. The Bertz CT molecular complexity index is 319. The minimum atomic E-state index is -0.716. The highest BCUT2D eigenvalue weighted by molar-refractivity contribution is 6.09. The van der Waals surface area contributed by atoms with E-state index in [0.29, 0.717) is 12.8 Å². The number of nitrogens with two attached hydrogens (primary N) is 1. The Balaban J connectivity index is 1.87. The first-order chi connectivity index (χ1) is 7.58. The molecule has 2 aliphatic carbocycles. The molecule has 1 atom stereocenters. The molecule has 90 valence electrons. The lowest BCUT2D eigenvalue weighted by atomic mass is 10.0. The van der Waals surface area contributed by atoms with E-state index in [0.717, 1.165) is 12.3 Å². The van der Waals surface area contributed by atoms with Crippen LogP contribution in [0.2, 0.25) is 0 Å². The monoisotopic (exact) mass is 225 g/mol. The van der Waals surface area contributed by atoms with E-state index < -0.39 is 5.41 Å². The summed E-state index contributed by atoms with van der Waals surface area (Å²) in [4.78, 5) is 12.0. The third-order valence-corrected chi connectivity index (χ3v) is 3.54. The predicted octanol–water partition coefficient (Wildman–Crippen LogP) is 0.818. The van der Waals surface area contributed by atoms with Gasteiger partial charge in [0, 0.05) is 6.04 Å². The van der Waals surface area contributed by atoms with Crippen molar-refractivity contribution in [3.63, 3.8) is 0 Å². The standard InChI is InChI=1S/C11H19N3O2/c1-7(6-8-2-3-8)13-10(15)11(4-5-11)9(12)14-16/h7-8,16H,2-6H2,1H3,(H2,12,14)(H,13,15). The fourth-order valence-corrected chi connectivity index (χ4v) is 2.09. The summed E-state index contributed by atoms with van der Waals surface area (Å²) in [5, 5.41) is 14.5. The van der Waals surface area contributed by atoms with Crippen LogP contribution in [0.5, 0.6) is 0 Å². The van der Waals surface area contributed by atoms with Crippen molar-refractivity contribution in [2.45, 2.75) is 45.1 Å². The van der Waals surface area contributed by atoms with Crippen molar-refractivity contribution in [3.05, 3.63) is 0 Å². The largest absolute Gasteiger partial charge is 0.409 e. The van der Waals surface area contributed by atoms with Gasteiger partial charge in [0.05, 0.1) is 0 Å². The molecule has 0 aliphatic heterocycles. The van der Waals surface area contributed by atoms with Crippen LogP contribution in [0.4, 0.5) is 0 Å². The van der Waals surface area contributed by atoms with E-state index in [1.807, 2.05) is 6.92 Å². The SMILES string of the molecule is CC(CC1CC1)NC(=O)C1(C(N)=NO)CC1. The molecule has 0 bridgehead atoms. The summed E-state index contributed by atoms with van der Waals surface area (Å²) in [6.45, 7) is 2.01. The molecule has 1 unspecified atom stereocenters. The van der Waals surface area contributed by atoms with E-state index in [-0.39, 0.29) is 17.8 Å². The second-order valence-corrected chi connectivity index (χ2v) is 5.12. The normalized spacial score (nSPS) is 24.9. The number of amides is 1. The lowest BCUT2D eigenvalue weighted by Crippen LogP contribution is -2.44. The summed E-state index contributed by atoms with van der Waals surface area (Å²) in [6, 6.07) is 0.184. The number of hydrogen-bond acceptors (Lipinski definition) is 3. The summed E-state index contributed by atoms with van der Waals surface area (Å²) in [7, 11) is 0. The van der Waals surface area contributed by atoms with E-state index in [1.165, 1.54) is 12.8 Å². The van der Waals surface area contributed by atoms with Crippen molar-refractivity contribution in [2.75, 3.05) is 0 Å². The average molecular weight is 225 g/mol. The Morgan fingerprint density at radius 2 is 2.25 bits per heavy atom. The fraction of sp³-hybridized carbons (Fsp3) is 0.818. The van der Waals surface area contributed by atoms with Crippen LogP contribution in [0.25, 0.3) is 0 Å². The van der Waals surface area contributed by atoms with Crippen LogP contribution in [-0.4, -0.2) is 23.0 Å². The van der Waals surface area contributed by atoms with Gasteiger partial charge in [0.15, 0.2) is 5.84 Å². The molecule has 2 rings (SSSR count). The maximum atomic E-state index is 12.0. The zero-order valence-corrected chi connectivity index (χ0v) is 9.57. The molecule has 2 saturated carbocycles. The van der Waals surface area contributed by atoms with E-state index in [1.54, 1.807) is 0 Å². The van der Waals surface area contributed by atoms with Crippen LogP contribution in [0.1, 0.15) is 39.0 Å². The van der Waals surface area contributed by atoms with Crippen LogP contribution in [0.15, 0.2) is 5.16 Å². The van der Waals surface area contributed by atoms with Crippen molar-refractivity contribution >= 4 is 11.7 Å². The van der Waals surface area contributed by atoms with Gasteiger partial charge in [-0.3, -0.25) is 4.79 Å². The Morgan fingerprint density at radius 1 is 1.62 bits per heavy atom. The highest BCUT2D eigenvalue weighted by atomic mass is 16.4. The molecule has 0 aromatic carbocycles. The van der Waals surface area contributed by atoms with Crippen molar-refractivity contribution in [3.8, 4) is 0 Å². The topological polar surface area (TPSA) is 87.7 Å². The highest BCUT2D eigenvalue weighted by Crippen LogP contribution is 2.46. The molecule has 5 nitrogen and oxygen atoms in total. The second-order valence-electron chi connectivity index (χ2n) is 5.12. The van der Waals surface area contributed by atoms with Gasteiger partial charge in [-0.2, -0.15) is 0 Å². The third-order valence-electron chi connectivity index (χ3n) is 3.54. The van der Waals surface area contributed by atoms with Crippen molar-refractivity contribution < 1.29 is 10.0 Å². The summed E-state index contributed by atoms with van der Waals surface area (Å²) in [6.07, 6.45) is 4.98. The summed E-state index contributed by atoms with van der Waals surface area (Å²) in [5.74, 6) is 0.744. The minimum absolute atomic E-state index is 0.0450. The van der Waals surface area contributed by atoms with Gasteiger partial charge in [-0.15, -0.1) is 0 Å². The maximum Gasteiger partial charge on any atom is 0.234 e. The predicted molar refractivity (Wildman–Crippen MR) is 60.0 cm³/mol. The van der Waals surface area contributed by atoms with Crippen LogP contribution >= 0.6 is 0 Å². The molecule has 0 saturated heterocycles. The van der Waals surface area contributed by atoms with Gasteiger partial charge >= 0.3 is 0 Å². The number of carbonyl (C=O) groups is 1. The van der Waals surface area contributed by atoms with Crippen LogP contribution in [0, 0.1) is 11.3 Å². The number of rotatable bonds is 5. The molecule has 2 aliphatic rings. The number of carbonyl (C=O) groups excluding carboxylic acids is 1. The van der Waals surface area contributed by atoms with Crippen molar-refractivity contribution in [1.29, 1.82) is 0 Å². The molecule has 0 heterocycles. The molecule has 5 heteroatoms. The first-order valence-electron chi connectivity index (χ1n) is 5.87. The number of nitrogens with zero attached hydrogens (tertiary/aromatic N) is 1. The third kappa shape index (κ3) is 2.13. The van der Waals surface area contributed by atoms with Gasteiger partial charge in [-0.25, -0.2) is 0 Å². The van der Waals surface area contributed by atoms with Crippen molar-refractivity contribution in [1.82, 2.24) is 5.32 Å². The molecule has 0 aromatic heterocycles. The van der Waals surface area contributed by atoms with Crippen LogP contribution in [0.3, 0.4) is 0 Å². The molecular weight excluding hydrogens is 206 g/mol. The molecule has 2 fully saturated rings. The zero-order chi connectivity index (χ0) is 11.8. The van der Waals surface area contributed by atoms with Crippen LogP contribution < -0.4 is 11.1 Å². The Hall–Kier alpha value is -1.26. The lowest BCUT2D eigenvalue weighted by Gasteiger charge is -2.18. The van der Waals surface area contributed by atoms with E-state index >= 15 is 0 Å². The summed E-state index contributed by atoms with van der Waals surface area (Å²) >= 11 is 0. The van der Waals surface area contributed by atoms with Gasteiger partial charge in [0.1, 0.15) is 5.41 Å². The maximum absolute atomic E-state index is 12.0. The number of amidine groups is 1. The molecule has 1 amide bonds. The Kier molecular flexibility index (Phi) is 2.78. The lowest BCUT2D eigenvalue weighted by molar-refractivity contribution is -0.124. The van der Waals surface area contributed by atoms with Gasteiger partial charge in [0.25, 0.3) is 0 Å². The molecule has 0 spiro atoms. The van der Waals surface area contributed by atoms with Gasteiger partial charge in [0.2, 0.25) is 5.91 Å². The minimum Gasteiger partial charge on any atom is -0.409 e. The molecular formula is C11H19N3O2. The molecule has 4 N–H and O–H groups in total. The average Bonchev–Trinajstić information content (AvgIpc) is 3.09. The van der Waals surface area contributed by atoms with Gasteiger partial charge in [-0.1, -0.05) is 18.0 Å². The first kappa shape index (κ1) is 11.2. The smallest absolute Gasteiger partial charge is 0.234 e.